The number of aryl methyl sites for hydroxylation is 2. The first-order chi connectivity index (χ1) is 17.0. The van der Waals surface area contributed by atoms with Gasteiger partial charge in [0.05, 0.1) is 18.3 Å². The Hall–Kier alpha value is -3.16. The van der Waals surface area contributed by atoms with E-state index in [1.54, 1.807) is 4.90 Å². The maximum absolute atomic E-state index is 13.4. The van der Waals surface area contributed by atoms with Crippen molar-refractivity contribution in [2.24, 2.45) is 4.99 Å². The molecule has 3 aromatic carbocycles. The predicted molar refractivity (Wildman–Crippen MR) is 142 cm³/mol. The number of ether oxygens (including phenoxy) is 1. The normalized spacial score (nSPS) is 21.3. The molecule has 2 unspecified atom stereocenters. The number of amides is 2. The van der Waals surface area contributed by atoms with Gasteiger partial charge in [-0.3, -0.25) is 14.5 Å². The number of hydrogen-bond acceptors (Lipinski definition) is 5. The van der Waals surface area contributed by atoms with Gasteiger partial charge < -0.3 is 10.1 Å². The van der Waals surface area contributed by atoms with Crippen LogP contribution in [0.1, 0.15) is 30.4 Å². The fourth-order valence-corrected chi connectivity index (χ4v) is 5.61. The van der Waals surface area contributed by atoms with Crippen LogP contribution in [0.2, 0.25) is 0 Å². The molecule has 2 amide bonds. The topological polar surface area (TPSA) is 71.0 Å². The van der Waals surface area contributed by atoms with Crippen LogP contribution in [-0.4, -0.2) is 46.4 Å². The van der Waals surface area contributed by atoms with Gasteiger partial charge in [0.25, 0.3) is 0 Å². The number of nitrogens with one attached hydrogen (secondary N) is 1. The smallest absolute Gasteiger partial charge is 0.242 e. The molecule has 2 aliphatic rings. The van der Waals surface area contributed by atoms with E-state index in [1.165, 1.54) is 17.3 Å². The lowest BCUT2D eigenvalue weighted by Crippen LogP contribution is -2.38. The van der Waals surface area contributed by atoms with Crippen LogP contribution in [0.3, 0.4) is 0 Å². The van der Waals surface area contributed by atoms with Gasteiger partial charge in [-0.25, -0.2) is 4.99 Å². The van der Waals surface area contributed by atoms with Crippen molar-refractivity contribution in [3.63, 3.8) is 0 Å². The molecule has 0 saturated carbocycles. The number of hydrogen-bond donors (Lipinski definition) is 1. The van der Waals surface area contributed by atoms with E-state index in [-0.39, 0.29) is 24.3 Å². The Labute approximate surface area is 209 Å². The zero-order chi connectivity index (χ0) is 24.4. The predicted octanol–water partition coefficient (Wildman–Crippen LogP) is 5.60. The van der Waals surface area contributed by atoms with Crippen LogP contribution in [0.25, 0.3) is 10.8 Å². The van der Waals surface area contributed by atoms with Crippen LogP contribution < -0.4 is 5.32 Å². The molecule has 0 aliphatic carbocycles. The third-order valence-electron chi connectivity index (χ3n) is 6.55. The van der Waals surface area contributed by atoms with Crippen LogP contribution in [0.4, 0.5) is 11.4 Å². The van der Waals surface area contributed by atoms with Gasteiger partial charge in [-0.1, -0.05) is 48.2 Å². The first-order valence-corrected chi connectivity index (χ1v) is 12.9. The molecule has 0 spiro atoms. The molecule has 0 bridgehead atoms. The summed E-state index contributed by atoms with van der Waals surface area (Å²) in [7, 11) is 0. The number of thioether (sulfide) groups is 1. The summed E-state index contributed by atoms with van der Waals surface area (Å²) >= 11 is 1.37. The second-order valence-corrected chi connectivity index (χ2v) is 10.3. The Balaban J connectivity index is 1.33. The van der Waals surface area contributed by atoms with E-state index in [2.05, 4.69) is 19.2 Å². The number of anilines is 1. The molecule has 2 aliphatic heterocycles. The summed E-state index contributed by atoms with van der Waals surface area (Å²) in [4.78, 5) is 32.8. The summed E-state index contributed by atoms with van der Waals surface area (Å²) in [6.45, 7) is 5.31. The van der Waals surface area contributed by atoms with E-state index < -0.39 is 5.25 Å². The highest BCUT2D eigenvalue weighted by Gasteiger charge is 2.40. The Morgan fingerprint density at radius 3 is 2.69 bits per heavy atom. The standard InChI is InChI=1S/C28H29N3O3S/c1-18-9-11-22(14-19(18)2)30-28-31(17-24-8-5-13-34-24)27(33)25(35-28)16-26(32)29-23-12-10-20-6-3-4-7-21(20)15-23/h3-4,6-7,9-12,14-15,24-25H,5,8,13,16-17H2,1-2H3,(H,29,32). The summed E-state index contributed by atoms with van der Waals surface area (Å²) in [6, 6.07) is 19.9. The minimum Gasteiger partial charge on any atom is -0.376 e. The number of benzene rings is 3. The summed E-state index contributed by atoms with van der Waals surface area (Å²) < 4.78 is 5.79. The van der Waals surface area contributed by atoms with E-state index in [1.807, 2.05) is 60.7 Å². The molecule has 35 heavy (non-hydrogen) atoms. The van der Waals surface area contributed by atoms with Gasteiger partial charge in [-0.05, 0) is 72.9 Å². The molecular weight excluding hydrogens is 458 g/mol. The minimum atomic E-state index is -0.512. The SMILES string of the molecule is Cc1ccc(N=C2SC(CC(=O)Nc3ccc4ccccc4c3)C(=O)N2CC2CCCO2)cc1C. The van der Waals surface area contributed by atoms with Crippen molar-refractivity contribution in [2.75, 3.05) is 18.5 Å². The second kappa shape index (κ2) is 10.2. The number of aliphatic imine (C=N–C) groups is 1. The lowest BCUT2D eigenvalue weighted by molar-refractivity contribution is -0.129. The van der Waals surface area contributed by atoms with Crippen molar-refractivity contribution >= 4 is 50.9 Å². The van der Waals surface area contributed by atoms with Gasteiger partial charge >= 0.3 is 0 Å². The van der Waals surface area contributed by atoms with Crippen LogP contribution >= 0.6 is 11.8 Å². The number of rotatable bonds is 6. The van der Waals surface area contributed by atoms with Crippen molar-refractivity contribution in [3.05, 3.63) is 71.8 Å². The van der Waals surface area contributed by atoms with Crippen molar-refractivity contribution in [2.45, 2.75) is 44.5 Å². The quantitative estimate of drug-likeness (QED) is 0.492. The first kappa shape index (κ1) is 23.6. The summed E-state index contributed by atoms with van der Waals surface area (Å²) in [6.07, 6.45) is 2.03. The molecule has 5 rings (SSSR count). The van der Waals surface area contributed by atoms with E-state index in [0.29, 0.717) is 11.7 Å². The number of fused-ring (bicyclic) bond motifs is 1. The molecule has 2 atom stereocenters. The summed E-state index contributed by atoms with van der Waals surface area (Å²) in [5, 5.41) is 5.26. The van der Waals surface area contributed by atoms with Crippen molar-refractivity contribution in [1.82, 2.24) is 4.90 Å². The second-order valence-electron chi connectivity index (χ2n) is 9.17. The van der Waals surface area contributed by atoms with Crippen LogP contribution in [0, 0.1) is 13.8 Å². The zero-order valence-corrected chi connectivity index (χ0v) is 20.8. The van der Waals surface area contributed by atoms with Crippen molar-refractivity contribution < 1.29 is 14.3 Å². The highest BCUT2D eigenvalue weighted by atomic mass is 32.2. The van der Waals surface area contributed by atoms with E-state index in [0.717, 1.165) is 47.2 Å². The molecule has 0 radical (unpaired) electrons. The Morgan fingerprint density at radius 1 is 1.09 bits per heavy atom. The molecule has 2 fully saturated rings. The number of carbonyl (C=O) groups excluding carboxylic acids is 2. The maximum atomic E-state index is 13.4. The molecule has 6 nitrogen and oxygen atoms in total. The third kappa shape index (κ3) is 5.41. The van der Waals surface area contributed by atoms with E-state index in [9.17, 15) is 9.59 Å². The van der Waals surface area contributed by atoms with Gasteiger partial charge in [-0.15, -0.1) is 0 Å². The van der Waals surface area contributed by atoms with Gasteiger partial charge in [-0.2, -0.15) is 0 Å². The fourth-order valence-electron chi connectivity index (χ4n) is 4.44. The molecule has 0 aromatic heterocycles. The molecule has 3 aromatic rings. The summed E-state index contributed by atoms with van der Waals surface area (Å²) in [5.41, 5.74) is 3.88. The number of nitrogens with zero attached hydrogens (tertiary/aromatic N) is 2. The lowest BCUT2D eigenvalue weighted by Gasteiger charge is -2.20. The molecule has 180 valence electrons. The highest BCUT2D eigenvalue weighted by Crippen LogP contribution is 2.33. The zero-order valence-electron chi connectivity index (χ0n) is 20.0. The van der Waals surface area contributed by atoms with Gasteiger partial charge in [0.2, 0.25) is 11.8 Å². The third-order valence-corrected chi connectivity index (χ3v) is 7.72. The Bertz CT molecular complexity index is 1300. The largest absolute Gasteiger partial charge is 0.376 e. The minimum absolute atomic E-state index is 0.00896. The lowest BCUT2D eigenvalue weighted by atomic mass is 10.1. The molecule has 2 heterocycles. The average molecular weight is 488 g/mol. The highest BCUT2D eigenvalue weighted by molar-refractivity contribution is 8.15. The van der Waals surface area contributed by atoms with Gasteiger partial charge in [0, 0.05) is 18.7 Å². The van der Waals surface area contributed by atoms with Crippen molar-refractivity contribution in [1.29, 1.82) is 0 Å². The average Bonchev–Trinajstić information content (AvgIpc) is 3.46. The number of carbonyl (C=O) groups is 2. The van der Waals surface area contributed by atoms with Crippen LogP contribution in [0.15, 0.2) is 65.7 Å². The molecule has 7 heteroatoms. The summed E-state index contributed by atoms with van der Waals surface area (Å²) in [5.74, 6) is -0.266. The van der Waals surface area contributed by atoms with Crippen LogP contribution in [-0.2, 0) is 14.3 Å². The van der Waals surface area contributed by atoms with Gasteiger partial charge in [0.15, 0.2) is 5.17 Å². The molecule has 2 saturated heterocycles. The number of amidine groups is 1. The molecule has 1 N–H and O–H groups in total. The van der Waals surface area contributed by atoms with Crippen molar-refractivity contribution in [3.8, 4) is 0 Å². The van der Waals surface area contributed by atoms with E-state index in [4.69, 9.17) is 9.73 Å². The Kier molecular flexibility index (Phi) is 6.88. The first-order valence-electron chi connectivity index (χ1n) is 12.0. The molecular formula is C28H29N3O3S. The Morgan fingerprint density at radius 2 is 1.91 bits per heavy atom. The van der Waals surface area contributed by atoms with E-state index >= 15 is 0 Å². The monoisotopic (exact) mass is 487 g/mol. The fraction of sp³-hybridized carbons (Fsp3) is 0.321. The van der Waals surface area contributed by atoms with Crippen LogP contribution in [0.5, 0.6) is 0 Å². The van der Waals surface area contributed by atoms with Gasteiger partial charge in [0.1, 0.15) is 5.25 Å². The maximum Gasteiger partial charge on any atom is 0.242 e.